The molecule has 0 saturated carbocycles. The lowest BCUT2D eigenvalue weighted by Gasteiger charge is -2.07. The van der Waals surface area contributed by atoms with E-state index in [4.69, 9.17) is 11.6 Å². The Labute approximate surface area is 135 Å². The molecule has 3 nitrogen and oxygen atoms in total. The number of unbranched alkanes of at least 4 members (excludes halogenated alkanes) is 7. The molecule has 122 valence electrons. The molecule has 1 aromatic rings. The van der Waals surface area contributed by atoms with E-state index in [-0.39, 0.29) is 0 Å². The van der Waals surface area contributed by atoms with Gasteiger partial charge >= 0.3 is 0 Å². The average Bonchev–Trinajstić information content (AvgIpc) is 2.76. The molecule has 1 rings (SSSR count). The number of halogens is 1. The molecular weight excluding hydrogens is 282 g/mol. The second-order valence-electron chi connectivity index (χ2n) is 5.81. The van der Waals surface area contributed by atoms with Crippen molar-refractivity contribution in [2.45, 2.75) is 85.2 Å². The van der Waals surface area contributed by atoms with E-state index >= 15 is 0 Å². The summed E-state index contributed by atoms with van der Waals surface area (Å²) in [4.78, 5) is 0. The van der Waals surface area contributed by atoms with Crippen LogP contribution in [0, 0.1) is 6.92 Å². The molecule has 0 unspecified atom stereocenters. The summed E-state index contributed by atoms with van der Waals surface area (Å²) >= 11 is 6.29. The number of aryl methyl sites for hydroxylation is 2. The zero-order chi connectivity index (χ0) is 15.5. The molecule has 0 aromatic carbocycles. The van der Waals surface area contributed by atoms with Gasteiger partial charge in [0.05, 0.1) is 16.4 Å². The minimum atomic E-state index is 0.820. The second-order valence-corrected chi connectivity index (χ2v) is 6.19. The summed E-state index contributed by atoms with van der Waals surface area (Å²) in [7, 11) is 0. The summed E-state index contributed by atoms with van der Waals surface area (Å²) in [5.74, 6) is 0. The predicted octanol–water partition coefficient (Wildman–Crippen LogP) is 5.10. The van der Waals surface area contributed by atoms with Crippen LogP contribution in [0.4, 0.5) is 0 Å². The van der Waals surface area contributed by atoms with Gasteiger partial charge in [-0.25, -0.2) is 0 Å². The van der Waals surface area contributed by atoms with E-state index in [0.717, 1.165) is 36.0 Å². The number of hydrogen-bond donors (Lipinski definition) is 1. The Hall–Kier alpha value is -0.540. The van der Waals surface area contributed by atoms with Gasteiger partial charge in [-0.3, -0.25) is 4.68 Å². The van der Waals surface area contributed by atoms with E-state index in [1.54, 1.807) is 0 Å². The van der Waals surface area contributed by atoms with Gasteiger partial charge in [0.2, 0.25) is 0 Å². The zero-order valence-corrected chi connectivity index (χ0v) is 14.8. The molecule has 0 aliphatic rings. The van der Waals surface area contributed by atoms with Gasteiger partial charge in [-0.2, -0.15) is 5.10 Å². The van der Waals surface area contributed by atoms with Gasteiger partial charge in [-0.1, -0.05) is 63.5 Å². The quantitative estimate of drug-likeness (QED) is 0.544. The molecule has 1 heterocycles. The van der Waals surface area contributed by atoms with Gasteiger partial charge < -0.3 is 5.32 Å². The van der Waals surface area contributed by atoms with Crippen molar-refractivity contribution >= 4 is 11.6 Å². The topological polar surface area (TPSA) is 29.9 Å². The molecule has 0 saturated heterocycles. The molecule has 0 aliphatic carbocycles. The molecule has 1 N–H and O–H groups in total. The van der Waals surface area contributed by atoms with E-state index < -0.39 is 0 Å². The molecule has 0 radical (unpaired) electrons. The summed E-state index contributed by atoms with van der Waals surface area (Å²) < 4.78 is 2.00. The fourth-order valence-electron chi connectivity index (χ4n) is 2.63. The van der Waals surface area contributed by atoms with Crippen LogP contribution in [0.3, 0.4) is 0 Å². The van der Waals surface area contributed by atoms with Crippen molar-refractivity contribution < 1.29 is 0 Å². The van der Waals surface area contributed by atoms with Crippen LogP contribution in [0.5, 0.6) is 0 Å². The van der Waals surface area contributed by atoms with Crippen LogP contribution in [-0.4, -0.2) is 16.3 Å². The van der Waals surface area contributed by atoms with Gasteiger partial charge in [-0.05, 0) is 26.8 Å². The maximum Gasteiger partial charge on any atom is 0.0860 e. The summed E-state index contributed by atoms with van der Waals surface area (Å²) in [5.41, 5.74) is 2.05. The molecule has 21 heavy (non-hydrogen) atoms. The highest BCUT2D eigenvalue weighted by Gasteiger charge is 2.11. The highest BCUT2D eigenvalue weighted by atomic mass is 35.5. The minimum Gasteiger partial charge on any atom is -0.311 e. The van der Waals surface area contributed by atoms with Crippen molar-refractivity contribution in [1.82, 2.24) is 15.1 Å². The minimum absolute atomic E-state index is 0.820. The summed E-state index contributed by atoms with van der Waals surface area (Å²) in [5, 5.41) is 8.75. The van der Waals surface area contributed by atoms with Crippen molar-refractivity contribution in [2.24, 2.45) is 0 Å². The first kappa shape index (κ1) is 18.5. The maximum atomic E-state index is 6.29. The Balaban J connectivity index is 2.07. The van der Waals surface area contributed by atoms with Crippen molar-refractivity contribution in [3.63, 3.8) is 0 Å². The molecule has 0 atom stereocenters. The third-order valence-corrected chi connectivity index (χ3v) is 4.44. The smallest absolute Gasteiger partial charge is 0.0860 e. The maximum absolute atomic E-state index is 6.29. The van der Waals surface area contributed by atoms with E-state index in [0.29, 0.717) is 0 Å². The molecular formula is C17H32ClN3. The number of rotatable bonds is 12. The van der Waals surface area contributed by atoms with E-state index in [1.807, 2.05) is 11.6 Å². The lowest BCUT2D eigenvalue weighted by Crippen LogP contribution is -2.18. The van der Waals surface area contributed by atoms with Crippen molar-refractivity contribution in [1.29, 1.82) is 0 Å². The normalized spacial score (nSPS) is 11.2. The van der Waals surface area contributed by atoms with Crippen molar-refractivity contribution in [3.05, 3.63) is 16.4 Å². The van der Waals surface area contributed by atoms with Crippen LogP contribution in [0.1, 0.15) is 76.6 Å². The van der Waals surface area contributed by atoms with Crippen molar-refractivity contribution in [2.75, 3.05) is 6.54 Å². The zero-order valence-electron chi connectivity index (χ0n) is 14.1. The number of nitrogens with zero attached hydrogens (tertiary/aromatic N) is 2. The SMILES string of the molecule is CCCCCCCCCCNCc1c(Cl)c(C)nn1CC. The first-order valence-corrected chi connectivity index (χ1v) is 9.01. The Bertz CT molecular complexity index is 388. The van der Waals surface area contributed by atoms with Gasteiger partial charge in [0.1, 0.15) is 0 Å². The third-order valence-electron chi connectivity index (χ3n) is 3.95. The van der Waals surface area contributed by atoms with E-state index in [1.165, 1.54) is 51.4 Å². The second kappa shape index (κ2) is 11.1. The Morgan fingerprint density at radius 2 is 1.62 bits per heavy atom. The first-order chi connectivity index (χ1) is 10.2. The van der Waals surface area contributed by atoms with Gasteiger partial charge in [0.25, 0.3) is 0 Å². The molecule has 0 aliphatic heterocycles. The Morgan fingerprint density at radius 1 is 1.00 bits per heavy atom. The lowest BCUT2D eigenvalue weighted by molar-refractivity contribution is 0.539. The predicted molar refractivity (Wildman–Crippen MR) is 92.0 cm³/mol. The van der Waals surface area contributed by atoms with Gasteiger partial charge in [0.15, 0.2) is 0 Å². The van der Waals surface area contributed by atoms with Crippen LogP contribution in [0.2, 0.25) is 5.02 Å². The monoisotopic (exact) mass is 313 g/mol. The largest absolute Gasteiger partial charge is 0.311 e. The standard InChI is InChI=1S/C17H32ClN3/c1-4-6-7-8-9-10-11-12-13-19-14-16-17(18)15(3)20-21(16)5-2/h19H,4-14H2,1-3H3. The van der Waals surface area contributed by atoms with Crippen LogP contribution >= 0.6 is 11.6 Å². The number of nitrogens with one attached hydrogen (secondary N) is 1. The van der Waals surface area contributed by atoms with Gasteiger partial charge in [-0.15, -0.1) is 0 Å². The highest BCUT2D eigenvalue weighted by molar-refractivity contribution is 6.31. The number of aromatic nitrogens is 2. The van der Waals surface area contributed by atoms with E-state index in [2.05, 4.69) is 24.3 Å². The Morgan fingerprint density at radius 3 is 2.24 bits per heavy atom. The lowest BCUT2D eigenvalue weighted by atomic mass is 10.1. The Kier molecular flexibility index (Phi) is 9.77. The molecule has 0 amide bonds. The summed E-state index contributed by atoms with van der Waals surface area (Å²) in [6.45, 7) is 9.11. The van der Waals surface area contributed by atoms with Crippen LogP contribution in [0.25, 0.3) is 0 Å². The molecule has 0 fully saturated rings. The van der Waals surface area contributed by atoms with Crippen LogP contribution in [0.15, 0.2) is 0 Å². The van der Waals surface area contributed by atoms with Crippen molar-refractivity contribution in [3.8, 4) is 0 Å². The van der Waals surface area contributed by atoms with Crippen LogP contribution in [-0.2, 0) is 13.1 Å². The molecule has 1 aromatic heterocycles. The molecule has 0 bridgehead atoms. The summed E-state index contributed by atoms with van der Waals surface area (Å²) in [6, 6.07) is 0. The molecule has 0 spiro atoms. The van der Waals surface area contributed by atoms with Gasteiger partial charge in [0, 0.05) is 13.1 Å². The number of hydrogen-bond acceptors (Lipinski definition) is 2. The third kappa shape index (κ3) is 6.84. The van der Waals surface area contributed by atoms with E-state index in [9.17, 15) is 0 Å². The average molecular weight is 314 g/mol. The molecule has 4 heteroatoms. The first-order valence-electron chi connectivity index (χ1n) is 8.63. The van der Waals surface area contributed by atoms with Crippen LogP contribution < -0.4 is 5.32 Å². The fraction of sp³-hybridized carbons (Fsp3) is 0.824. The fourth-order valence-corrected chi connectivity index (χ4v) is 2.83. The summed E-state index contributed by atoms with van der Waals surface area (Å²) in [6.07, 6.45) is 10.9. The highest BCUT2D eigenvalue weighted by Crippen LogP contribution is 2.19.